The molecule has 0 aromatic carbocycles. The van der Waals surface area contributed by atoms with Gasteiger partial charge in [-0.15, -0.1) is 11.3 Å². The maximum Gasteiger partial charge on any atom is 0.213 e. The fraction of sp³-hybridized carbons (Fsp3) is 0.111. The van der Waals surface area contributed by atoms with Crippen molar-refractivity contribution in [1.82, 2.24) is 4.98 Å². The zero-order valence-corrected chi connectivity index (χ0v) is 9.07. The molecule has 84 valence electrons. The number of carbonyl (C=O) groups is 2. The van der Waals surface area contributed by atoms with Gasteiger partial charge in [0.2, 0.25) is 6.41 Å². The number of hydrogen-bond acceptors (Lipinski definition) is 6. The molecule has 1 heterocycles. The third-order valence-corrected chi connectivity index (χ3v) is 2.19. The molecule has 1 amide bonds. The number of thiazole rings is 1. The number of anilines is 1. The van der Waals surface area contributed by atoms with Crippen LogP contribution in [0.3, 0.4) is 0 Å². The van der Waals surface area contributed by atoms with Gasteiger partial charge in [0.15, 0.2) is 17.1 Å². The van der Waals surface area contributed by atoms with Crippen molar-refractivity contribution >= 4 is 34.9 Å². The van der Waals surface area contributed by atoms with E-state index in [9.17, 15) is 9.59 Å². The molecule has 6 nitrogen and oxygen atoms in total. The lowest BCUT2D eigenvalue weighted by Crippen LogP contribution is -2.04. The summed E-state index contributed by atoms with van der Waals surface area (Å²) in [7, 11) is 0. The summed E-state index contributed by atoms with van der Waals surface area (Å²) in [4.78, 5) is 29.6. The second-order valence-electron chi connectivity index (χ2n) is 2.48. The lowest BCUT2D eigenvalue weighted by molar-refractivity contribution is -0.105. The SMILES string of the molecule is C=CCO/N=C(/C=O)c1csc(NC=O)n1. The Hall–Kier alpha value is -2.02. The number of oxime groups is 1. The lowest BCUT2D eigenvalue weighted by Gasteiger charge is -1.94. The molecule has 7 heteroatoms. The van der Waals surface area contributed by atoms with Gasteiger partial charge in [-0.2, -0.15) is 0 Å². The number of nitrogens with zero attached hydrogens (tertiary/aromatic N) is 2. The van der Waals surface area contributed by atoms with Gasteiger partial charge in [-0.3, -0.25) is 9.59 Å². The van der Waals surface area contributed by atoms with Crippen LogP contribution in [-0.2, 0) is 14.4 Å². The van der Waals surface area contributed by atoms with E-state index in [0.29, 0.717) is 23.5 Å². The summed E-state index contributed by atoms with van der Waals surface area (Å²) in [6.07, 6.45) is 2.55. The quantitative estimate of drug-likeness (QED) is 0.251. The van der Waals surface area contributed by atoms with E-state index in [1.807, 2.05) is 0 Å². The third-order valence-electron chi connectivity index (χ3n) is 1.42. The Kier molecular flexibility index (Phi) is 4.87. The second kappa shape index (κ2) is 6.46. The monoisotopic (exact) mass is 239 g/mol. The molecule has 1 aromatic heterocycles. The predicted molar refractivity (Wildman–Crippen MR) is 60.6 cm³/mol. The first-order valence-electron chi connectivity index (χ1n) is 4.24. The third kappa shape index (κ3) is 3.28. The molecule has 0 aliphatic heterocycles. The van der Waals surface area contributed by atoms with Gasteiger partial charge in [0.1, 0.15) is 12.3 Å². The van der Waals surface area contributed by atoms with Crippen molar-refractivity contribution in [2.75, 3.05) is 11.9 Å². The molecule has 0 unspecified atom stereocenters. The Labute approximate surface area is 95.6 Å². The summed E-state index contributed by atoms with van der Waals surface area (Å²) >= 11 is 1.19. The zero-order valence-electron chi connectivity index (χ0n) is 8.25. The number of carbonyl (C=O) groups excluding carboxylic acids is 2. The first-order chi connectivity index (χ1) is 7.81. The number of aldehydes is 1. The highest BCUT2D eigenvalue weighted by Gasteiger charge is 2.08. The lowest BCUT2D eigenvalue weighted by atomic mass is 10.3. The number of hydrogen-bond donors (Lipinski definition) is 1. The topological polar surface area (TPSA) is 80.6 Å². The van der Waals surface area contributed by atoms with E-state index in [1.165, 1.54) is 17.4 Å². The average molecular weight is 239 g/mol. The fourth-order valence-corrected chi connectivity index (χ4v) is 1.46. The van der Waals surface area contributed by atoms with Crippen LogP contribution in [-0.4, -0.2) is 30.0 Å². The van der Waals surface area contributed by atoms with Crippen molar-refractivity contribution in [2.45, 2.75) is 0 Å². The number of nitrogens with one attached hydrogen (secondary N) is 1. The normalized spacial score (nSPS) is 10.6. The van der Waals surface area contributed by atoms with Crippen LogP contribution in [0.5, 0.6) is 0 Å². The Morgan fingerprint density at radius 3 is 3.12 bits per heavy atom. The van der Waals surface area contributed by atoms with Crippen molar-refractivity contribution in [1.29, 1.82) is 0 Å². The molecule has 16 heavy (non-hydrogen) atoms. The Morgan fingerprint density at radius 2 is 2.50 bits per heavy atom. The van der Waals surface area contributed by atoms with Crippen molar-refractivity contribution in [3.05, 3.63) is 23.7 Å². The van der Waals surface area contributed by atoms with Crippen molar-refractivity contribution in [2.24, 2.45) is 5.16 Å². The Bertz CT molecular complexity index is 414. The van der Waals surface area contributed by atoms with Crippen LogP contribution >= 0.6 is 11.3 Å². The van der Waals surface area contributed by atoms with Gasteiger partial charge in [-0.05, 0) is 0 Å². The molecule has 0 fully saturated rings. The van der Waals surface area contributed by atoms with Crippen LogP contribution < -0.4 is 5.32 Å². The molecule has 0 radical (unpaired) electrons. The van der Waals surface area contributed by atoms with Crippen LogP contribution in [0, 0.1) is 0 Å². The molecule has 0 saturated carbocycles. The van der Waals surface area contributed by atoms with Crippen LogP contribution in [0.2, 0.25) is 0 Å². The minimum Gasteiger partial charge on any atom is -0.391 e. The minimum absolute atomic E-state index is 0.0667. The van der Waals surface area contributed by atoms with E-state index in [4.69, 9.17) is 4.84 Å². The summed E-state index contributed by atoms with van der Waals surface area (Å²) < 4.78 is 0. The second-order valence-corrected chi connectivity index (χ2v) is 3.34. The highest BCUT2D eigenvalue weighted by atomic mass is 32.1. The molecular weight excluding hydrogens is 230 g/mol. The minimum atomic E-state index is 0.0667. The summed E-state index contributed by atoms with van der Waals surface area (Å²) in [6.45, 7) is 3.65. The van der Waals surface area contributed by atoms with Crippen LogP contribution in [0.15, 0.2) is 23.2 Å². The summed E-state index contributed by atoms with van der Waals surface area (Å²) in [6, 6.07) is 0. The highest BCUT2D eigenvalue weighted by molar-refractivity contribution is 7.14. The summed E-state index contributed by atoms with van der Waals surface area (Å²) in [5.41, 5.74) is 0.422. The maximum atomic E-state index is 10.7. The predicted octanol–water partition coefficient (Wildman–Crippen LogP) is 0.817. The van der Waals surface area contributed by atoms with E-state index in [2.05, 4.69) is 22.0 Å². The largest absolute Gasteiger partial charge is 0.391 e. The van der Waals surface area contributed by atoms with Gasteiger partial charge in [0, 0.05) is 5.38 Å². The van der Waals surface area contributed by atoms with E-state index in [0.717, 1.165) is 0 Å². The molecule has 0 spiro atoms. The fourth-order valence-electron chi connectivity index (χ4n) is 0.796. The van der Waals surface area contributed by atoms with Crippen molar-refractivity contribution in [3.63, 3.8) is 0 Å². The molecule has 1 N–H and O–H groups in total. The molecule has 1 rings (SSSR count). The summed E-state index contributed by atoms with van der Waals surface area (Å²) in [5, 5.41) is 7.94. The molecule has 1 aromatic rings. The molecule has 0 saturated heterocycles. The first kappa shape index (κ1) is 12.1. The number of rotatable bonds is 7. The zero-order chi connectivity index (χ0) is 11.8. The van der Waals surface area contributed by atoms with Crippen LogP contribution in [0.4, 0.5) is 5.13 Å². The van der Waals surface area contributed by atoms with Crippen molar-refractivity contribution in [3.8, 4) is 0 Å². The van der Waals surface area contributed by atoms with Crippen LogP contribution in [0.25, 0.3) is 0 Å². The van der Waals surface area contributed by atoms with E-state index < -0.39 is 0 Å². The van der Waals surface area contributed by atoms with E-state index in [1.54, 1.807) is 5.38 Å². The van der Waals surface area contributed by atoms with Gasteiger partial charge in [-0.25, -0.2) is 4.98 Å². The van der Waals surface area contributed by atoms with Gasteiger partial charge >= 0.3 is 0 Å². The Morgan fingerprint density at radius 1 is 1.69 bits per heavy atom. The smallest absolute Gasteiger partial charge is 0.213 e. The highest BCUT2D eigenvalue weighted by Crippen LogP contribution is 2.14. The van der Waals surface area contributed by atoms with E-state index >= 15 is 0 Å². The van der Waals surface area contributed by atoms with Gasteiger partial charge in [-0.1, -0.05) is 17.8 Å². The first-order valence-corrected chi connectivity index (χ1v) is 5.12. The number of amides is 1. The van der Waals surface area contributed by atoms with Crippen LogP contribution in [0.1, 0.15) is 5.69 Å². The molecule has 0 aliphatic rings. The average Bonchev–Trinajstić information content (AvgIpc) is 2.74. The van der Waals surface area contributed by atoms with Gasteiger partial charge < -0.3 is 10.2 Å². The molecule has 0 aliphatic carbocycles. The van der Waals surface area contributed by atoms with Crippen molar-refractivity contribution < 1.29 is 14.4 Å². The standard InChI is InChI=1S/C9H9N3O3S/c1-2-3-15-12-7(4-13)8-5-16-9(11-8)10-6-14/h2,4-6H,1,3H2,(H,10,11,14)/b12-7-. The summed E-state index contributed by atoms with van der Waals surface area (Å²) in [5.74, 6) is 0. The number of aromatic nitrogens is 1. The van der Waals surface area contributed by atoms with Gasteiger partial charge in [0.25, 0.3) is 0 Å². The maximum absolute atomic E-state index is 10.7. The van der Waals surface area contributed by atoms with E-state index in [-0.39, 0.29) is 12.3 Å². The molecule has 0 bridgehead atoms. The molecule has 0 atom stereocenters. The Balaban J connectivity index is 2.77. The molecular formula is C9H9N3O3S. The van der Waals surface area contributed by atoms with Gasteiger partial charge in [0.05, 0.1) is 0 Å².